The molecule has 132 heavy (non-hydrogen) atoms. The molecule has 0 aromatic rings. The molecule has 18 saturated carbocycles. The first-order valence-electron chi connectivity index (χ1n) is 55.5. The van der Waals surface area contributed by atoms with Crippen LogP contribution in [0.1, 0.15) is 372 Å². The van der Waals surface area contributed by atoms with Crippen LogP contribution in [-0.4, -0.2) is 75.9 Å². The van der Waals surface area contributed by atoms with Gasteiger partial charge in [0, 0.05) is 47.7 Å². The Bertz CT molecular complexity index is 4670. The van der Waals surface area contributed by atoms with Crippen molar-refractivity contribution in [1.29, 1.82) is 0 Å². The SMILES string of the molecule is C=C(C)[C@H]1CC[C@H]2[C@@H]3CC(C)=C4C[C@@](C)(O)CC[C@@H]4[C@H]3CC[C@]12C.C=C(C)[C@H]1CC[C@H]2[C@@H]3CC=C4C[C@](O)(C#CC5CC5)CC[C@@H]4[C@H]3CC[C@]12C.C=C(CBr)[C@H]1CC[C@H]2[C@@H]3CC(C)=C4C[C@@](C)(O)CC[C@@H]4[C@H]3CC[C@]12C.C=C(CBr)[C@H]1CC[C@H]2[C@@H]3CC=C4C[C@](O)(C#CC5CC5)CC[C@@H]4[C@H]3CC[C@]12C.C=C(CO)[C@H]1CC[C@H]2[C@@H]3CC=C4C[C@](O)(C#CC5CC5)CC[C@@H]4[C@H]3CC[C@]12C. The van der Waals surface area contributed by atoms with Crippen molar-refractivity contribution in [2.75, 3.05) is 17.3 Å². The molecule has 0 aromatic carbocycles. The summed E-state index contributed by atoms with van der Waals surface area (Å²) in [4.78, 5) is 0. The lowest BCUT2D eigenvalue weighted by molar-refractivity contribution is -0.0311. The van der Waals surface area contributed by atoms with Gasteiger partial charge < -0.3 is 30.6 Å². The number of halogens is 2. The molecular formula is C124H178Br2O6. The first kappa shape index (κ1) is 97.6. The van der Waals surface area contributed by atoms with Crippen molar-refractivity contribution in [3.05, 3.63) is 118 Å². The minimum absolute atomic E-state index is 0.147. The second-order valence-electron chi connectivity index (χ2n) is 53.0. The Morgan fingerprint density at radius 2 is 0.583 bits per heavy atom. The number of allylic oxidation sites excluding steroid dienone is 9. The van der Waals surface area contributed by atoms with Crippen LogP contribution in [0.15, 0.2) is 118 Å². The van der Waals surface area contributed by atoms with Gasteiger partial charge >= 0.3 is 0 Å². The van der Waals surface area contributed by atoms with Crippen molar-refractivity contribution in [2.45, 2.75) is 400 Å². The van der Waals surface area contributed by atoms with Crippen molar-refractivity contribution in [3.8, 4) is 35.5 Å². The number of fused-ring (bicyclic) bond motifs is 25. The molecule has 0 heterocycles. The summed E-state index contributed by atoms with van der Waals surface area (Å²) >= 11 is 7.34. The summed E-state index contributed by atoms with van der Waals surface area (Å²) in [7, 11) is 0. The zero-order valence-corrected chi connectivity index (χ0v) is 87.7. The summed E-state index contributed by atoms with van der Waals surface area (Å²) in [6, 6.07) is 0. The van der Waals surface area contributed by atoms with E-state index in [2.05, 4.69) is 181 Å². The molecular weight excluding hydrogens is 1750 g/mol. The number of aliphatic hydroxyl groups is 6. The third-order valence-corrected chi connectivity index (χ3v) is 46.6. The van der Waals surface area contributed by atoms with E-state index in [0.717, 1.165) is 224 Å². The summed E-state index contributed by atoms with van der Waals surface area (Å²) in [6.07, 6.45) is 63.1. The number of hydrogen-bond acceptors (Lipinski definition) is 6. The lowest BCUT2D eigenvalue weighted by Gasteiger charge is -2.55. The number of aliphatic hydroxyl groups excluding tert-OH is 1. The van der Waals surface area contributed by atoms with Gasteiger partial charge in [0.15, 0.2) is 0 Å². The van der Waals surface area contributed by atoms with Gasteiger partial charge in [-0.05, 0) is 498 Å². The predicted molar refractivity (Wildman–Crippen MR) is 551 cm³/mol. The molecule has 0 aliphatic heterocycles. The fraction of sp³-hybridized carbons (Fsp3) is 0.790. The largest absolute Gasteiger partial charge is 0.392 e. The second kappa shape index (κ2) is 37.3. The Labute approximate surface area is 819 Å². The maximum Gasteiger partial charge on any atom is 0.129 e. The van der Waals surface area contributed by atoms with Crippen LogP contribution in [0, 0.1) is 228 Å². The van der Waals surface area contributed by atoms with Gasteiger partial charge in [0.25, 0.3) is 0 Å². The monoisotopic (exact) mass is 1920 g/mol. The summed E-state index contributed by atoms with van der Waals surface area (Å²) in [5.41, 5.74) is 17.0. The zero-order chi connectivity index (χ0) is 93.1. The van der Waals surface area contributed by atoms with E-state index in [1.165, 1.54) is 240 Å². The average Bonchev–Trinajstić information content (AvgIpc) is 1.56. The van der Waals surface area contributed by atoms with Crippen LogP contribution in [0.4, 0.5) is 0 Å². The molecule has 18 fully saturated rings. The number of hydrogen-bond donors (Lipinski definition) is 6. The molecule has 0 saturated heterocycles. The Balaban J connectivity index is 0.000000107. The maximum atomic E-state index is 11.1. The van der Waals surface area contributed by atoms with E-state index >= 15 is 0 Å². The van der Waals surface area contributed by atoms with Gasteiger partial charge in [-0.25, -0.2) is 0 Å². The molecule has 724 valence electrons. The minimum atomic E-state index is -0.766. The molecule has 23 aliphatic rings. The first-order valence-corrected chi connectivity index (χ1v) is 57.7. The molecule has 0 bridgehead atoms. The smallest absolute Gasteiger partial charge is 0.129 e. The summed E-state index contributed by atoms with van der Waals surface area (Å²) in [6.45, 7) is 48.0. The average molecular weight is 1920 g/mol. The minimum Gasteiger partial charge on any atom is -0.392 e. The van der Waals surface area contributed by atoms with E-state index in [0.29, 0.717) is 68.5 Å². The highest BCUT2D eigenvalue weighted by molar-refractivity contribution is 9.09. The zero-order valence-electron chi connectivity index (χ0n) is 84.5. The molecule has 35 atom stereocenters. The Hall–Kier alpha value is -3.20. The van der Waals surface area contributed by atoms with Gasteiger partial charge in [0.2, 0.25) is 0 Å². The molecule has 0 spiro atoms. The van der Waals surface area contributed by atoms with Crippen LogP contribution >= 0.6 is 31.9 Å². The summed E-state index contributed by atoms with van der Waals surface area (Å²) in [5.74, 6) is 41.4. The lowest BCUT2D eigenvalue weighted by atomic mass is 9.50. The van der Waals surface area contributed by atoms with Crippen LogP contribution in [0.5, 0.6) is 0 Å². The Kier molecular flexibility index (Phi) is 27.6. The Morgan fingerprint density at radius 1 is 0.318 bits per heavy atom. The van der Waals surface area contributed by atoms with Gasteiger partial charge in [0.05, 0.1) is 17.8 Å². The quantitative estimate of drug-likeness (QED) is 0.0818. The van der Waals surface area contributed by atoms with E-state index < -0.39 is 28.0 Å². The molecule has 8 heteroatoms. The van der Waals surface area contributed by atoms with Crippen molar-refractivity contribution < 1.29 is 30.6 Å². The van der Waals surface area contributed by atoms with E-state index in [1.807, 2.05) is 13.8 Å². The van der Waals surface area contributed by atoms with Crippen LogP contribution in [0.3, 0.4) is 0 Å². The number of rotatable bonds is 8. The first-order chi connectivity index (χ1) is 62.8. The normalized spacial score (nSPS) is 48.5. The molecule has 23 rings (SSSR count). The highest BCUT2D eigenvalue weighted by Gasteiger charge is 2.64. The summed E-state index contributed by atoms with van der Waals surface area (Å²) in [5, 5.41) is 65.9. The third-order valence-electron chi connectivity index (χ3n) is 45.2. The van der Waals surface area contributed by atoms with Crippen molar-refractivity contribution in [3.63, 3.8) is 0 Å². The van der Waals surface area contributed by atoms with Crippen molar-refractivity contribution in [1.82, 2.24) is 0 Å². The Morgan fingerprint density at radius 3 is 0.864 bits per heavy atom. The third kappa shape index (κ3) is 18.3. The van der Waals surface area contributed by atoms with Crippen molar-refractivity contribution in [2.24, 2.45) is 193 Å². The van der Waals surface area contributed by atoms with Gasteiger partial charge in [-0.1, -0.05) is 214 Å². The predicted octanol–water partition coefficient (Wildman–Crippen LogP) is 29.2. The summed E-state index contributed by atoms with van der Waals surface area (Å²) < 4.78 is 0. The number of alkyl halides is 2. The van der Waals surface area contributed by atoms with Crippen LogP contribution < -0.4 is 0 Å². The van der Waals surface area contributed by atoms with Gasteiger partial charge in [-0.3, -0.25) is 0 Å². The van der Waals surface area contributed by atoms with Gasteiger partial charge in [0.1, 0.15) is 16.8 Å². The fourth-order valence-electron chi connectivity index (χ4n) is 38.1. The van der Waals surface area contributed by atoms with Crippen molar-refractivity contribution >= 4 is 31.9 Å². The molecule has 0 aromatic heterocycles. The lowest BCUT2D eigenvalue weighted by Crippen LogP contribution is -2.48. The highest BCUT2D eigenvalue weighted by Crippen LogP contribution is 2.72. The molecule has 6 nitrogen and oxygen atoms in total. The van der Waals surface area contributed by atoms with E-state index in [-0.39, 0.29) is 6.61 Å². The molecule has 0 unspecified atom stereocenters. The maximum absolute atomic E-state index is 11.1. The fourth-order valence-corrected chi connectivity index (χ4v) is 38.9. The van der Waals surface area contributed by atoms with E-state index in [1.54, 1.807) is 33.4 Å². The second-order valence-corrected chi connectivity index (χ2v) is 54.2. The molecule has 0 radical (unpaired) electrons. The molecule has 6 N–H and O–H groups in total. The molecule has 0 amide bonds. The van der Waals surface area contributed by atoms with Gasteiger partial charge in [-0.15, -0.1) is 0 Å². The van der Waals surface area contributed by atoms with Gasteiger partial charge in [-0.2, -0.15) is 0 Å². The van der Waals surface area contributed by atoms with Crippen LogP contribution in [0.2, 0.25) is 0 Å². The molecule has 23 aliphatic carbocycles. The highest BCUT2D eigenvalue weighted by atomic mass is 79.9. The van der Waals surface area contributed by atoms with Crippen LogP contribution in [0.25, 0.3) is 0 Å². The topological polar surface area (TPSA) is 121 Å². The van der Waals surface area contributed by atoms with E-state index in [9.17, 15) is 30.6 Å². The van der Waals surface area contributed by atoms with Crippen LogP contribution in [-0.2, 0) is 0 Å². The standard InChI is InChI=1S/C26H35BrO.C26H36O2.C26H36O.C23H35BrO.C23H36O/c2*1-17(16-27)23-7-8-24-22-6-5-19-15-26(28,13-9-18-3-4-18)14-11-20(19)21(22)10-12-25(23,24)2;1-17(2)23-8-9-24-22-7-6-19-16-26(27,14-10-18-4-5-18)15-12-20(19)21(22)11-13-25(23,24)3;1-14-11-18-16(17-7-9-22(3,25)12-19(14)17)8-10-23(4)20(15(2)13-24)5-6-21(18)23;1-14(2)20-6-7-21-18-12-15(3)19-13-22(4,24)10-8-17(19)16(18)9-11-23(20,21)5/h5,18,20-24,28H,1,3-4,6-8,10-12,14-16H2,2H3;5,18,20-24,27-28H,1,3-4,6-8,10-12,14-16H2,2H3;6,18,20-24,27H,1,4-5,7-9,11-13,15-16H2,2-3H3;16-18,20-21,25H,2,5-13H2,1,3-4H3;16-18,20-21,24H,1,6-13H2,2-5H3/t3*20-,21+,22+,23+,24-,25+,26-;2*16-,17-,18-,20-,21+,22+,23-/m00011/s1. The van der Waals surface area contributed by atoms with E-state index in [4.69, 9.17) is 0 Å².